The second-order valence-electron chi connectivity index (χ2n) is 3.24. The molecule has 0 atom stereocenters. The van der Waals surface area contributed by atoms with Crippen LogP contribution in [-0.4, -0.2) is 24.3 Å². The van der Waals surface area contributed by atoms with E-state index in [-0.39, 0.29) is 6.10 Å². The summed E-state index contributed by atoms with van der Waals surface area (Å²) in [7, 11) is 0. The van der Waals surface area contributed by atoms with Crippen LogP contribution in [0.15, 0.2) is 22.9 Å². The molecule has 0 unspecified atom stereocenters. The van der Waals surface area contributed by atoms with Gasteiger partial charge in [0.2, 0.25) is 0 Å². The molecule has 0 bridgehead atoms. The highest BCUT2D eigenvalue weighted by molar-refractivity contribution is 9.10. The van der Waals surface area contributed by atoms with E-state index in [1.807, 2.05) is 6.07 Å². The highest BCUT2D eigenvalue weighted by Gasteiger charge is 2.16. The molecule has 0 aliphatic carbocycles. The molecular weight excluding hydrogens is 246 g/mol. The summed E-state index contributed by atoms with van der Waals surface area (Å²) in [5.41, 5.74) is 0. The van der Waals surface area contributed by atoms with E-state index in [2.05, 4.69) is 20.9 Å². The summed E-state index contributed by atoms with van der Waals surface area (Å²) >= 11 is 3.40. The van der Waals surface area contributed by atoms with Gasteiger partial charge in [-0.25, -0.2) is 0 Å². The Kier molecular flexibility index (Phi) is 3.37. The molecule has 0 spiro atoms. The second-order valence-corrected chi connectivity index (χ2v) is 4.09. The van der Waals surface area contributed by atoms with Crippen molar-refractivity contribution in [3.63, 3.8) is 0 Å². The molecule has 0 N–H and O–H groups in total. The van der Waals surface area contributed by atoms with Crippen molar-refractivity contribution in [1.82, 2.24) is 4.98 Å². The van der Waals surface area contributed by atoms with Crippen molar-refractivity contribution in [2.45, 2.75) is 18.9 Å². The third kappa shape index (κ3) is 2.45. The first-order chi connectivity index (χ1) is 6.86. The van der Waals surface area contributed by atoms with Gasteiger partial charge >= 0.3 is 0 Å². The molecule has 76 valence electrons. The van der Waals surface area contributed by atoms with Crippen molar-refractivity contribution in [2.24, 2.45) is 0 Å². The number of rotatable bonds is 2. The summed E-state index contributed by atoms with van der Waals surface area (Å²) in [6.45, 7) is 1.60. The minimum Gasteiger partial charge on any atom is -0.489 e. The first kappa shape index (κ1) is 9.93. The van der Waals surface area contributed by atoms with Crippen LogP contribution in [0.3, 0.4) is 0 Å². The van der Waals surface area contributed by atoms with Crippen LogP contribution >= 0.6 is 15.9 Å². The number of pyridine rings is 1. The molecule has 2 rings (SSSR count). The Bertz CT molecular complexity index is 300. The van der Waals surface area contributed by atoms with Crippen molar-refractivity contribution in [2.75, 3.05) is 13.2 Å². The molecule has 3 nitrogen and oxygen atoms in total. The van der Waals surface area contributed by atoms with E-state index in [4.69, 9.17) is 9.47 Å². The highest BCUT2D eigenvalue weighted by atomic mass is 79.9. The van der Waals surface area contributed by atoms with Gasteiger partial charge in [0.25, 0.3) is 0 Å². The van der Waals surface area contributed by atoms with E-state index in [9.17, 15) is 0 Å². The van der Waals surface area contributed by atoms with E-state index >= 15 is 0 Å². The predicted octanol–water partition coefficient (Wildman–Crippen LogP) is 2.40. The zero-order valence-corrected chi connectivity index (χ0v) is 9.37. The van der Waals surface area contributed by atoms with Gasteiger partial charge < -0.3 is 9.47 Å². The van der Waals surface area contributed by atoms with Crippen LogP contribution in [0.1, 0.15) is 12.8 Å². The zero-order chi connectivity index (χ0) is 9.80. The monoisotopic (exact) mass is 257 g/mol. The van der Waals surface area contributed by atoms with Crippen LogP contribution in [0.2, 0.25) is 0 Å². The van der Waals surface area contributed by atoms with Gasteiger partial charge in [0.15, 0.2) is 0 Å². The quantitative estimate of drug-likeness (QED) is 0.816. The minimum absolute atomic E-state index is 0.280. The lowest BCUT2D eigenvalue weighted by Crippen LogP contribution is -2.25. The van der Waals surface area contributed by atoms with Gasteiger partial charge in [0.1, 0.15) is 11.9 Å². The van der Waals surface area contributed by atoms with Crippen molar-refractivity contribution < 1.29 is 9.47 Å². The van der Waals surface area contributed by atoms with E-state index in [1.54, 1.807) is 12.4 Å². The van der Waals surface area contributed by atoms with Crippen LogP contribution in [0.5, 0.6) is 5.75 Å². The maximum atomic E-state index is 5.82. The first-order valence-electron chi connectivity index (χ1n) is 4.70. The topological polar surface area (TPSA) is 31.4 Å². The molecule has 14 heavy (non-hydrogen) atoms. The first-order valence-corrected chi connectivity index (χ1v) is 5.49. The lowest BCUT2D eigenvalue weighted by Gasteiger charge is -2.23. The average molecular weight is 258 g/mol. The van der Waals surface area contributed by atoms with Gasteiger partial charge in [-0.3, -0.25) is 4.98 Å². The van der Waals surface area contributed by atoms with Crippen LogP contribution in [-0.2, 0) is 4.74 Å². The van der Waals surface area contributed by atoms with Gasteiger partial charge in [0, 0.05) is 25.2 Å². The Labute approximate surface area is 91.6 Å². The Morgan fingerprint density at radius 2 is 2.21 bits per heavy atom. The molecule has 4 heteroatoms. The Morgan fingerprint density at radius 3 is 2.93 bits per heavy atom. The number of hydrogen-bond donors (Lipinski definition) is 0. The van der Waals surface area contributed by atoms with Crippen molar-refractivity contribution in [1.29, 1.82) is 0 Å². The molecule has 0 amide bonds. The largest absolute Gasteiger partial charge is 0.489 e. The maximum absolute atomic E-state index is 5.82. The lowest BCUT2D eigenvalue weighted by molar-refractivity contribution is 0.0252. The number of ether oxygens (including phenoxy) is 2. The van der Waals surface area contributed by atoms with Crippen LogP contribution in [0.25, 0.3) is 0 Å². The SMILES string of the molecule is Brc1cnccc1OC1CCOCC1. The van der Waals surface area contributed by atoms with E-state index in [1.165, 1.54) is 0 Å². The molecule has 1 saturated heterocycles. The van der Waals surface area contributed by atoms with Gasteiger partial charge in [-0.1, -0.05) is 0 Å². The highest BCUT2D eigenvalue weighted by Crippen LogP contribution is 2.25. The third-order valence-electron chi connectivity index (χ3n) is 2.20. The molecule has 0 saturated carbocycles. The van der Waals surface area contributed by atoms with Crippen molar-refractivity contribution in [3.05, 3.63) is 22.9 Å². The van der Waals surface area contributed by atoms with E-state index in [0.29, 0.717) is 0 Å². The standard InChI is InChI=1S/C10H12BrNO2/c11-9-7-12-4-1-10(9)14-8-2-5-13-6-3-8/h1,4,7-8H,2-3,5-6H2. The number of halogens is 1. The summed E-state index contributed by atoms with van der Waals surface area (Å²) in [5.74, 6) is 0.868. The van der Waals surface area contributed by atoms with Crippen LogP contribution in [0, 0.1) is 0 Å². The number of hydrogen-bond acceptors (Lipinski definition) is 3. The smallest absolute Gasteiger partial charge is 0.136 e. The fourth-order valence-electron chi connectivity index (χ4n) is 1.43. The lowest BCUT2D eigenvalue weighted by atomic mass is 10.1. The second kappa shape index (κ2) is 4.75. The maximum Gasteiger partial charge on any atom is 0.136 e. The van der Waals surface area contributed by atoms with E-state index in [0.717, 1.165) is 36.3 Å². The van der Waals surface area contributed by atoms with Gasteiger partial charge in [0.05, 0.1) is 17.7 Å². The fraction of sp³-hybridized carbons (Fsp3) is 0.500. The molecule has 1 aromatic rings. The molecule has 2 heterocycles. The van der Waals surface area contributed by atoms with Gasteiger partial charge in [-0.05, 0) is 22.0 Å². The molecular formula is C10H12BrNO2. The Morgan fingerprint density at radius 1 is 1.43 bits per heavy atom. The number of aromatic nitrogens is 1. The molecule has 0 aromatic carbocycles. The molecule has 1 aliphatic rings. The third-order valence-corrected chi connectivity index (χ3v) is 2.79. The number of nitrogens with zero attached hydrogens (tertiary/aromatic N) is 1. The molecule has 0 radical (unpaired) electrons. The summed E-state index contributed by atoms with van der Waals surface area (Å²) in [4.78, 5) is 3.99. The Hall–Kier alpha value is -0.610. The normalized spacial score (nSPS) is 18.1. The van der Waals surface area contributed by atoms with Crippen molar-refractivity contribution >= 4 is 15.9 Å². The summed E-state index contributed by atoms with van der Waals surface area (Å²) in [6.07, 6.45) is 5.69. The van der Waals surface area contributed by atoms with Gasteiger partial charge in [-0.2, -0.15) is 0 Å². The summed E-state index contributed by atoms with van der Waals surface area (Å²) in [6, 6.07) is 1.87. The predicted molar refractivity (Wildman–Crippen MR) is 56.4 cm³/mol. The summed E-state index contributed by atoms with van der Waals surface area (Å²) in [5, 5.41) is 0. The molecule has 1 fully saturated rings. The minimum atomic E-state index is 0.280. The van der Waals surface area contributed by atoms with Crippen molar-refractivity contribution in [3.8, 4) is 5.75 Å². The van der Waals surface area contributed by atoms with Crippen LogP contribution in [0.4, 0.5) is 0 Å². The Balaban J connectivity index is 1.99. The summed E-state index contributed by atoms with van der Waals surface area (Å²) < 4.78 is 12.0. The zero-order valence-electron chi connectivity index (χ0n) is 7.78. The van der Waals surface area contributed by atoms with Gasteiger partial charge in [-0.15, -0.1) is 0 Å². The molecule has 1 aromatic heterocycles. The fourth-order valence-corrected chi connectivity index (χ4v) is 1.78. The van der Waals surface area contributed by atoms with E-state index < -0.39 is 0 Å². The van der Waals surface area contributed by atoms with Crippen LogP contribution < -0.4 is 4.74 Å². The molecule has 1 aliphatic heterocycles. The average Bonchev–Trinajstić information content (AvgIpc) is 2.23.